The maximum Gasteiger partial charge on any atom is 0.131 e. The lowest BCUT2D eigenvalue weighted by molar-refractivity contribution is -0.00641. The van der Waals surface area contributed by atoms with Gasteiger partial charge in [-0.2, -0.15) is 0 Å². The van der Waals surface area contributed by atoms with Crippen LogP contribution >= 0.6 is 0 Å². The van der Waals surface area contributed by atoms with Crippen molar-refractivity contribution in [3.63, 3.8) is 0 Å². The molecule has 6 heteroatoms. The second kappa shape index (κ2) is 7.85. The summed E-state index contributed by atoms with van der Waals surface area (Å²) in [4.78, 5) is 6.52. The smallest absolute Gasteiger partial charge is 0.131 e. The van der Waals surface area contributed by atoms with Gasteiger partial charge in [0.25, 0.3) is 0 Å². The number of halogens is 1. The number of pyridine rings is 1. The summed E-state index contributed by atoms with van der Waals surface area (Å²) in [5.74, 6) is 0.937. The normalized spacial score (nSPS) is 23.3. The minimum Gasteiger partial charge on any atom is -0.383 e. The third-order valence-electron chi connectivity index (χ3n) is 6.61. The molecule has 2 fully saturated rings. The molecular formula is C24H27FN4O. The Morgan fingerprint density at radius 1 is 1.20 bits per heavy atom. The zero-order valence-corrected chi connectivity index (χ0v) is 17.1. The highest BCUT2D eigenvalue weighted by Crippen LogP contribution is 2.38. The van der Waals surface area contributed by atoms with E-state index in [0.29, 0.717) is 42.6 Å². The predicted molar refractivity (Wildman–Crippen MR) is 118 cm³/mol. The van der Waals surface area contributed by atoms with Gasteiger partial charge >= 0.3 is 0 Å². The van der Waals surface area contributed by atoms with Crippen LogP contribution in [0.25, 0.3) is 10.8 Å². The third kappa shape index (κ3) is 3.73. The van der Waals surface area contributed by atoms with Crippen molar-refractivity contribution < 1.29 is 9.13 Å². The molecule has 3 aromatic rings. The van der Waals surface area contributed by atoms with Crippen molar-refractivity contribution in [2.75, 3.05) is 24.6 Å². The van der Waals surface area contributed by atoms with E-state index in [9.17, 15) is 4.39 Å². The van der Waals surface area contributed by atoms with Gasteiger partial charge in [-0.3, -0.25) is 0 Å². The summed E-state index contributed by atoms with van der Waals surface area (Å²) in [6, 6.07) is 13.9. The number of piperidine rings is 1. The van der Waals surface area contributed by atoms with E-state index in [1.165, 1.54) is 6.42 Å². The number of nitrogens with zero attached hydrogens (tertiary/aromatic N) is 2. The van der Waals surface area contributed by atoms with Crippen LogP contribution in [0.1, 0.15) is 24.0 Å². The van der Waals surface area contributed by atoms with Gasteiger partial charge < -0.3 is 20.7 Å². The van der Waals surface area contributed by atoms with Crippen LogP contribution in [-0.4, -0.2) is 35.6 Å². The SMILES string of the molecule is CN1C[C@@H]2CC1C[C@H]2OCc1ccc(CNc2ccc3c(N)nccc3c2)c(F)c1. The Morgan fingerprint density at radius 3 is 2.87 bits per heavy atom. The fourth-order valence-electron chi connectivity index (χ4n) is 4.87. The first-order valence-corrected chi connectivity index (χ1v) is 10.5. The van der Waals surface area contributed by atoms with E-state index in [0.717, 1.165) is 35.0 Å². The van der Waals surface area contributed by atoms with Gasteiger partial charge in [0.2, 0.25) is 0 Å². The number of nitrogen functional groups attached to an aromatic ring is 1. The number of anilines is 2. The Bertz CT molecular complexity index is 1070. The second-order valence-corrected chi connectivity index (χ2v) is 8.59. The van der Waals surface area contributed by atoms with E-state index in [1.807, 2.05) is 36.4 Å². The zero-order valence-electron chi connectivity index (χ0n) is 17.1. The Labute approximate surface area is 176 Å². The molecule has 1 aliphatic heterocycles. The number of hydrogen-bond donors (Lipinski definition) is 2. The number of rotatable bonds is 6. The highest BCUT2D eigenvalue weighted by atomic mass is 19.1. The van der Waals surface area contributed by atoms with Crippen LogP contribution in [0.5, 0.6) is 0 Å². The van der Waals surface area contributed by atoms with Crippen molar-refractivity contribution >= 4 is 22.3 Å². The highest BCUT2D eigenvalue weighted by Gasteiger charge is 2.43. The average Bonchev–Trinajstić information content (AvgIpc) is 3.31. The van der Waals surface area contributed by atoms with Crippen molar-refractivity contribution in [2.24, 2.45) is 5.92 Å². The summed E-state index contributed by atoms with van der Waals surface area (Å²) >= 11 is 0. The van der Waals surface area contributed by atoms with Crippen molar-refractivity contribution in [2.45, 2.75) is 38.1 Å². The molecule has 30 heavy (non-hydrogen) atoms. The standard InChI is InChI=1S/C24H27FN4O/c1-29-13-18-10-20(29)11-23(18)30-14-15-2-3-17(22(25)8-15)12-28-19-4-5-21-16(9-19)6-7-27-24(21)26/h2-9,18,20,23,28H,10-14H2,1H3,(H2,26,27)/t18-,20?,23+/m0/s1. The van der Waals surface area contributed by atoms with Crippen LogP contribution in [0.2, 0.25) is 0 Å². The number of nitrogens with one attached hydrogen (secondary N) is 1. The average molecular weight is 407 g/mol. The van der Waals surface area contributed by atoms with Crippen LogP contribution in [0, 0.1) is 11.7 Å². The van der Waals surface area contributed by atoms with Crippen LogP contribution in [0.3, 0.4) is 0 Å². The summed E-state index contributed by atoms with van der Waals surface area (Å²) in [7, 11) is 2.19. The summed E-state index contributed by atoms with van der Waals surface area (Å²) < 4.78 is 20.8. The van der Waals surface area contributed by atoms with E-state index >= 15 is 0 Å². The molecule has 2 heterocycles. The lowest BCUT2D eigenvalue weighted by Crippen LogP contribution is -2.35. The molecule has 1 aliphatic carbocycles. The lowest BCUT2D eigenvalue weighted by Gasteiger charge is -2.28. The van der Waals surface area contributed by atoms with Crippen molar-refractivity contribution in [1.29, 1.82) is 0 Å². The number of aromatic nitrogens is 1. The van der Waals surface area contributed by atoms with Crippen molar-refractivity contribution in [3.05, 3.63) is 65.6 Å². The van der Waals surface area contributed by atoms with Gasteiger partial charge in [-0.15, -0.1) is 0 Å². The summed E-state index contributed by atoms with van der Waals surface area (Å²) in [6.45, 7) is 2.01. The molecule has 156 valence electrons. The van der Waals surface area contributed by atoms with Crippen molar-refractivity contribution in [1.82, 2.24) is 9.88 Å². The molecule has 5 nitrogen and oxygen atoms in total. The molecule has 0 spiro atoms. The molecule has 2 aliphatic rings. The number of fused-ring (bicyclic) bond motifs is 3. The molecule has 3 atom stereocenters. The highest BCUT2D eigenvalue weighted by molar-refractivity contribution is 5.92. The van der Waals surface area contributed by atoms with Gasteiger partial charge in [0, 0.05) is 42.0 Å². The molecule has 2 aromatic carbocycles. The summed E-state index contributed by atoms with van der Waals surface area (Å²) in [5, 5.41) is 5.22. The molecular weight excluding hydrogens is 379 g/mol. The molecule has 1 saturated heterocycles. The Balaban J connectivity index is 1.19. The van der Waals surface area contributed by atoms with Gasteiger partial charge in [0.15, 0.2) is 0 Å². The Morgan fingerprint density at radius 2 is 2.10 bits per heavy atom. The van der Waals surface area contributed by atoms with Crippen LogP contribution in [0.15, 0.2) is 48.7 Å². The van der Waals surface area contributed by atoms with Gasteiger partial charge in [0.1, 0.15) is 11.6 Å². The maximum atomic E-state index is 14.6. The molecule has 3 N–H and O–H groups in total. The van der Waals surface area contributed by atoms with E-state index in [4.69, 9.17) is 10.5 Å². The number of benzene rings is 2. The molecule has 5 rings (SSSR count). The minimum absolute atomic E-state index is 0.203. The molecule has 0 radical (unpaired) electrons. The van der Waals surface area contributed by atoms with E-state index in [2.05, 4.69) is 22.2 Å². The summed E-state index contributed by atoms with van der Waals surface area (Å²) in [5.41, 5.74) is 8.34. The molecule has 1 saturated carbocycles. The number of nitrogens with two attached hydrogens (primary N) is 1. The monoisotopic (exact) mass is 406 g/mol. The zero-order chi connectivity index (χ0) is 20.7. The minimum atomic E-state index is -0.203. The first-order valence-electron chi connectivity index (χ1n) is 10.5. The number of hydrogen-bond acceptors (Lipinski definition) is 5. The quantitative estimate of drug-likeness (QED) is 0.643. The van der Waals surface area contributed by atoms with Gasteiger partial charge in [0.05, 0.1) is 12.7 Å². The third-order valence-corrected chi connectivity index (χ3v) is 6.61. The van der Waals surface area contributed by atoms with Gasteiger partial charge in [-0.05, 0) is 67.1 Å². The van der Waals surface area contributed by atoms with Crippen LogP contribution < -0.4 is 11.1 Å². The van der Waals surface area contributed by atoms with Gasteiger partial charge in [-0.25, -0.2) is 9.37 Å². The molecule has 2 bridgehead atoms. The summed E-state index contributed by atoms with van der Waals surface area (Å²) in [6.07, 6.45) is 4.33. The lowest BCUT2D eigenvalue weighted by atomic mass is 10.1. The first kappa shape index (κ1) is 19.3. The number of likely N-dealkylation sites (tertiary alicyclic amines) is 1. The van der Waals surface area contributed by atoms with Crippen LogP contribution in [-0.2, 0) is 17.9 Å². The van der Waals surface area contributed by atoms with Gasteiger partial charge in [-0.1, -0.05) is 12.1 Å². The first-order chi connectivity index (χ1) is 14.6. The van der Waals surface area contributed by atoms with Crippen LogP contribution in [0.4, 0.5) is 15.9 Å². The Hall–Kier alpha value is -2.70. The van der Waals surface area contributed by atoms with E-state index < -0.39 is 0 Å². The second-order valence-electron chi connectivity index (χ2n) is 8.59. The Kier molecular flexibility index (Phi) is 5.05. The maximum absolute atomic E-state index is 14.6. The molecule has 0 amide bonds. The van der Waals surface area contributed by atoms with E-state index in [-0.39, 0.29) is 5.82 Å². The molecule has 1 aromatic heterocycles. The fourth-order valence-corrected chi connectivity index (χ4v) is 4.87. The number of ether oxygens (including phenoxy) is 1. The molecule has 1 unspecified atom stereocenters. The van der Waals surface area contributed by atoms with Crippen molar-refractivity contribution in [3.8, 4) is 0 Å². The fraction of sp³-hybridized carbons (Fsp3) is 0.375. The predicted octanol–water partition coefficient (Wildman–Crippen LogP) is 4.18. The van der Waals surface area contributed by atoms with E-state index in [1.54, 1.807) is 12.3 Å². The largest absolute Gasteiger partial charge is 0.383 e. The topological polar surface area (TPSA) is 63.4 Å².